The van der Waals surface area contributed by atoms with Crippen LogP contribution in [0.25, 0.3) is 10.6 Å². The Balaban J connectivity index is 2.61. The lowest BCUT2D eigenvalue weighted by Gasteiger charge is -2.01. The first-order valence-electron chi connectivity index (χ1n) is 4.29. The molecule has 0 amide bonds. The summed E-state index contributed by atoms with van der Waals surface area (Å²) in [6, 6.07) is 4.21. The van der Waals surface area contributed by atoms with Crippen molar-refractivity contribution in [1.29, 1.82) is 0 Å². The fourth-order valence-electron chi connectivity index (χ4n) is 1.28. The summed E-state index contributed by atoms with van der Waals surface area (Å²) in [6.45, 7) is 4.13. The van der Waals surface area contributed by atoms with E-state index in [1.807, 2.05) is 13.1 Å². The molecule has 0 saturated heterocycles. The molecule has 0 radical (unpaired) electrons. The molecule has 2 aromatic heterocycles. The van der Waals surface area contributed by atoms with Crippen LogP contribution >= 0.6 is 23.6 Å². The minimum atomic E-state index is 0.539. The number of aryl methyl sites for hydroxylation is 2. The molecular formula is C10H10N2S2. The Labute approximate surface area is 91.7 Å². The Morgan fingerprint density at radius 1 is 1.36 bits per heavy atom. The van der Waals surface area contributed by atoms with Crippen molar-refractivity contribution in [2.24, 2.45) is 0 Å². The van der Waals surface area contributed by atoms with Crippen LogP contribution < -0.4 is 0 Å². The molecule has 0 aliphatic heterocycles. The summed E-state index contributed by atoms with van der Waals surface area (Å²) in [5.74, 6) is 0. The molecule has 1 N–H and O–H groups in total. The quantitative estimate of drug-likeness (QED) is 0.748. The zero-order valence-corrected chi connectivity index (χ0v) is 9.63. The minimum Gasteiger partial charge on any atom is -0.329 e. The number of aromatic nitrogens is 2. The van der Waals surface area contributed by atoms with Gasteiger partial charge in [-0.3, -0.25) is 0 Å². The highest BCUT2D eigenvalue weighted by Gasteiger charge is 2.04. The molecule has 2 heterocycles. The maximum Gasteiger partial charge on any atom is 0.197 e. The molecule has 0 aliphatic rings. The molecule has 0 spiro atoms. The number of rotatable bonds is 1. The molecule has 14 heavy (non-hydrogen) atoms. The van der Waals surface area contributed by atoms with Crippen molar-refractivity contribution in [3.05, 3.63) is 33.5 Å². The van der Waals surface area contributed by atoms with Crippen LogP contribution in [0.5, 0.6) is 0 Å². The lowest BCUT2D eigenvalue weighted by molar-refractivity contribution is 1.11. The molecule has 2 aromatic rings. The van der Waals surface area contributed by atoms with Gasteiger partial charge in [0.15, 0.2) is 4.77 Å². The minimum absolute atomic E-state index is 0.539. The van der Waals surface area contributed by atoms with Gasteiger partial charge in [-0.2, -0.15) is 0 Å². The third kappa shape index (κ3) is 1.76. The normalized spacial score (nSPS) is 10.4. The average molecular weight is 222 g/mol. The highest BCUT2D eigenvalue weighted by Crippen LogP contribution is 2.27. The molecular weight excluding hydrogens is 212 g/mol. The van der Waals surface area contributed by atoms with E-state index in [0.29, 0.717) is 4.77 Å². The van der Waals surface area contributed by atoms with Crippen LogP contribution in [0.3, 0.4) is 0 Å². The second-order valence-corrected chi connectivity index (χ2v) is 4.83. The van der Waals surface area contributed by atoms with E-state index in [4.69, 9.17) is 12.2 Å². The van der Waals surface area contributed by atoms with Gasteiger partial charge in [0.1, 0.15) is 0 Å². The molecule has 2 rings (SSSR count). The van der Waals surface area contributed by atoms with E-state index in [0.717, 1.165) is 11.3 Å². The Kier molecular flexibility index (Phi) is 2.48. The second-order valence-electron chi connectivity index (χ2n) is 3.16. The van der Waals surface area contributed by atoms with Crippen LogP contribution in [0.2, 0.25) is 0 Å². The first-order valence-corrected chi connectivity index (χ1v) is 5.52. The van der Waals surface area contributed by atoms with Crippen molar-refractivity contribution >= 4 is 23.6 Å². The molecule has 0 fully saturated rings. The van der Waals surface area contributed by atoms with E-state index in [2.05, 4.69) is 29.0 Å². The van der Waals surface area contributed by atoms with Crippen LogP contribution in [0, 0.1) is 18.6 Å². The van der Waals surface area contributed by atoms with Gasteiger partial charge in [-0.15, -0.1) is 11.3 Å². The topological polar surface area (TPSA) is 28.7 Å². The van der Waals surface area contributed by atoms with Crippen molar-refractivity contribution in [3.63, 3.8) is 0 Å². The standard InChI is InChI=1S/C10H10N2S2/c1-6-5-11-10(13)12-9(6)8-4-3-7(2)14-8/h3-5H,1-2H3,(H,11,12,13). The molecule has 2 nitrogen and oxygen atoms in total. The number of H-pyrrole nitrogens is 1. The monoisotopic (exact) mass is 222 g/mol. The number of hydrogen-bond donors (Lipinski definition) is 1. The second kappa shape index (κ2) is 3.63. The molecule has 4 heteroatoms. The van der Waals surface area contributed by atoms with Crippen molar-refractivity contribution in [1.82, 2.24) is 9.97 Å². The van der Waals surface area contributed by atoms with Gasteiger partial charge in [-0.05, 0) is 43.8 Å². The Hall–Kier alpha value is -1.00. The molecule has 0 bridgehead atoms. The SMILES string of the molecule is Cc1ccc(-c2[nH]c(=S)ncc2C)s1. The highest BCUT2D eigenvalue weighted by atomic mass is 32.1. The fraction of sp³-hybridized carbons (Fsp3) is 0.200. The highest BCUT2D eigenvalue weighted by molar-refractivity contribution is 7.71. The first kappa shape index (κ1) is 9.55. The van der Waals surface area contributed by atoms with E-state index < -0.39 is 0 Å². The third-order valence-electron chi connectivity index (χ3n) is 1.99. The summed E-state index contributed by atoms with van der Waals surface area (Å²) in [4.78, 5) is 9.67. The summed E-state index contributed by atoms with van der Waals surface area (Å²) in [5.41, 5.74) is 2.21. The number of nitrogens with zero attached hydrogens (tertiary/aromatic N) is 1. The average Bonchev–Trinajstić information content (AvgIpc) is 2.56. The molecule has 72 valence electrons. The maximum atomic E-state index is 5.00. The Morgan fingerprint density at radius 2 is 2.14 bits per heavy atom. The van der Waals surface area contributed by atoms with Crippen LogP contribution in [-0.4, -0.2) is 9.97 Å². The van der Waals surface area contributed by atoms with Gasteiger partial charge in [0.2, 0.25) is 0 Å². The van der Waals surface area contributed by atoms with Gasteiger partial charge in [-0.25, -0.2) is 4.98 Å². The molecule has 0 aliphatic carbocycles. The van der Waals surface area contributed by atoms with Gasteiger partial charge < -0.3 is 4.98 Å². The molecule has 0 saturated carbocycles. The summed E-state index contributed by atoms with van der Waals surface area (Å²) < 4.78 is 0.539. The first-order chi connectivity index (χ1) is 6.66. The number of hydrogen-bond acceptors (Lipinski definition) is 3. The zero-order valence-electron chi connectivity index (χ0n) is 8.00. The third-order valence-corrected chi connectivity index (χ3v) is 3.21. The number of thiophene rings is 1. The molecule has 0 aromatic carbocycles. The van der Waals surface area contributed by atoms with E-state index in [9.17, 15) is 0 Å². The van der Waals surface area contributed by atoms with Gasteiger partial charge in [0, 0.05) is 11.1 Å². The number of aromatic amines is 1. The Bertz CT molecular complexity index is 511. The van der Waals surface area contributed by atoms with Crippen molar-refractivity contribution in [3.8, 4) is 10.6 Å². The summed E-state index contributed by atoms with van der Waals surface area (Å²) in [7, 11) is 0. The fourth-order valence-corrected chi connectivity index (χ4v) is 2.37. The summed E-state index contributed by atoms with van der Waals surface area (Å²) in [5, 5.41) is 0. The lowest BCUT2D eigenvalue weighted by Crippen LogP contribution is -1.88. The molecule has 0 atom stereocenters. The van der Waals surface area contributed by atoms with E-state index in [1.165, 1.54) is 9.75 Å². The Morgan fingerprint density at radius 3 is 2.79 bits per heavy atom. The predicted octanol–water partition coefficient (Wildman–Crippen LogP) is 3.48. The largest absolute Gasteiger partial charge is 0.329 e. The van der Waals surface area contributed by atoms with E-state index in [1.54, 1.807) is 11.3 Å². The summed E-state index contributed by atoms with van der Waals surface area (Å²) in [6.07, 6.45) is 1.81. The van der Waals surface area contributed by atoms with Crippen LogP contribution in [0.1, 0.15) is 10.4 Å². The van der Waals surface area contributed by atoms with Crippen molar-refractivity contribution in [2.75, 3.05) is 0 Å². The van der Waals surface area contributed by atoms with Gasteiger partial charge in [-0.1, -0.05) is 0 Å². The lowest BCUT2D eigenvalue weighted by atomic mass is 10.2. The molecule has 0 unspecified atom stereocenters. The predicted molar refractivity (Wildman–Crippen MR) is 62.2 cm³/mol. The van der Waals surface area contributed by atoms with Gasteiger partial charge >= 0.3 is 0 Å². The van der Waals surface area contributed by atoms with Gasteiger partial charge in [0.05, 0.1) is 10.6 Å². The zero-order chi connectivity index (χ0) is 10.1. The maximum absolute atomic E-state index is 5.00. The number of nitrogens with one attached hydrogen (secondary N) is 1. The van der Waals surface area contributed by atoms with Crippen LogP contribution in [-0.2, 0) is 0 Å². The summed E-state index contributed by atoms with van der Waals surface area (Å²) >= 11 is 6.76. The van der Waals surface area contributed by atoms with E-state index >= 15 is 0 Å². The van der Waals surface area contributed by atoms with E-state index in [-0.39, 0.29) is 0 Å². The van der Waals surface area contributed by atoms with Crippen molar-refractivity contribution < 1.29 is 0 Å². The van der Waals surface area contributed by atoms with Crippen molar-refractivity contribution in [2.45, 2.75) is 13.8 Å². The smallest absolute Gasteiger partial charge is 0.197 e. The van der Waals surface area contributed by atoms with Crippen LogP contribution in [0.4, 0.5) is 0 Å². The van der Waals surface area contributed by atoms with Gasteiger partial charge in [0.25, 0.3) is 0 Å². The van der Waals surface area contributed by atoms with Crippen LogP contribution in [0.15, 0.2) is 18.3 Å².